The molecular formula is C51H38N4O2. The minimum absolute atomic E-state index is 0.0715. The lowest BCUT2D eigenvalue weighted by Crippen LogP contribution is -2.54. The van der Waals surface area contributed by atoms with E-state index in [2.05, 4.69) is 203 Å². The molecule has 1 fully saturated rings. The number of nitrogens with one attached hydrogen (secondary N) is 3. The number of aromatic nitrogens is 1. The molecule has 0 saturated carbocycles. The van der Waals surface area contributed by atoms with Crippen LogP contribution in [0.1, 0.15) is 46.7 Å². The summed E-state index contributed by atoms with van der Waals surface area (Å²) < 4.78 is 16.1. The Hall–Kier alpha value is -6.70. The fraction of sp³-hybridized carbons (Fsp3) is 0.0980. The van der Waals surface area contributed by atoms with Gasteiger partial charge in [-0.2, -0.15) is 0 Å². The van der Waals surface area contributed by atoms with E-state index in [4.69, 9.17) is 9.15 Å². The second-order valence-corrected chi connectivity index (χ2v) is 15.3. The van der Waals surface area contributed by atoms with Crippen LogP contribution in [0.4, 0.5) is 0 Å². The van der Waals surface area contributed by atoms with Crippen LogP contribution >= 0.6 is 0 Å². The zero-order valence-electron chi connectivity index (χ0n) is 31.0. The van der Waals surface area contributed by atoms with Crippen LogP contribution in [0.15, 0.2) is 186 Å². The first-order chi connectivity index (χ1) is 28.3. The van der Waals surface area contributed by atoms with Crippen LogP contribution in [0.25, 0.3) is 60.6 Å². The van der Waals surface area contributed by atoms with Crippen molar-refractivity contribution < 1.29 is 9.15 Å². The molecule has 0 bridgehead atoms. The Morgan fingerprint density at radius 3 is 1.79 bits per heavy atom. The van der Waals surface area contributed by atoms with Crippen molar-refractivity contribution in [2.45, 2.75) is 30.5 Å². The molecule has 4 unspecified atom stereocenters. The Balaban J connectivity index is 0.952. The van der Waals surface area contributed by atoms with Gasteiger partial charge >= 0.3 is 0 Å². The maximum Gasteiger partial charge on any atom is 0.143 e. The number of hydrogen-bond acceptors (Lipinski definition) is 5. The molecule has 7 aromatic carbocycles. The first kappa shape index (κ1) is 32.5. The number of furan rings is 1. The molecule has 1 saturated heterocycles. The van der Waals surface area contributed by atoms with Gasteiger partial charge in [-0.15, -0.1) is 0 Å². The summed E-state index contributed by atoms with van der Waals surface area (Å²) in [6.07, 6.45) is 6.44. The van der Waals surface area contributed by atoms with E-state index in [0.717, 1.165) is 50.1 Å². The number of ether oxygens (including phenoxy) is 1. The molecule has 9 aromatic rings. The summed E-state index contributed by atoms with van der Waals surface area (Å²) in [5, 5.41) is 16.2. The highest BCUT2D eigenvalue weighted by Crippen LogP contribution is 2.50. The van der Waals surface area contributed by atoms with Gasteiger partial charge in [0.15, 0.2) is 0 Å². The summed E-state index contributed by atoms with van der Waals surface area (Å²) in [7, 11) is 0. The minimum Gasteiger partial charge on any atom is -0.484 e. The smallest absolute Gasteiger partial charge is 0.143 e. The molecule has 3 aliphatic rings. The molecule has 4 heterocycles. The number of nitrogens with zero attached hydrogens (tertiary/aromatic N) is 1. The summed E-state index contributed by atoms with van der Waals surface area (Å²) in [5.74, 6) is 0.997. The van der Waals surface area contributed by atoms with Crippen molar-refractivity contribution >= 4 is 49.4 Å². The van der Waals surface area contributed by atoms with E-state index in [1.807, 2.05) is 0 Å². The van der Waals surface area contributed by atoms with E-state index in [1.54, 1.807) is 0 Å². The number of allylic oxidation sites excluding steroid dienone is 2. The van der Waals surface area contributed by atoms with Gasteiger partial charge in [0.2, 0.25) is 0 Å². The van der Waals surface area contributed by atoms with E-state index in [9.17, 15) is 0 Å². The van der Waals surface area contributed by atoms with E-state index in [0.29, 0.717) is 0 Å². The highest BCUT2D eigenvalue weighted by atomic mass is 16.5. The molecule has 0 radical (unpaired) electrons. The maximum atomic E-state index is 6.88. The largest absolute Gasteiger partial charge is 0.484 e. The van der Waals surface area contributed by atoms with Crippen molar-refractivity contribution in [3.05, 3.63) is 204 Å². The number of hydrogen-bond donors (Lipinski definition) is 3. The average Bonchev–Trinajstić information content (AvgIpc) is 3.96. The zero-order chi connectivity index (χ0) is 37.5. The van der Waals surface area contributed by atoms with Crippen molar-refractivity contribution in [3.8, 4) is 16.9 Å². The quantitative estimate of drug-likeness (QED) is 0.164. The zero-order valence-corrected chi connectivity index (χ0v) is 31.0. The van der Waals surface area contributed by atoms with Crippen molar-refractivity contribution in [1.82, 2.24) is 20.5 Å². The van der Waals surface area contributed by atoms with E-state index < -0.39 is 0 Å². The highest BCUT2D eigenvalue weighted by molar-refractivity contribution is 6.12. The molecule has 3 N–H and O–H groups in total. The molecule has 57 heavy (non-hydrogen) atoms. The van der Waals surface area contributed by atoms with E-state index in [1.165, 1.54) is 38.5 Å². The second kappa shape index (κ2) is 12.9. The summed E-state index contributed by atoms with van der Waals surface area (Å²) in [5.41, 5.74) is 12.0. The Kier molecular flexibility index (Phi) is 7.38. The number of benzene rings is 7. The fourth-order valence-corrected chi connectivity index (χ4v) is 9.50. The van der Waals surface area contributed by atoms with Gasteiger partial charge in [0, 0.05) is 49.9 Å². The third-order valence-corrected chi connectivity index (χ3v) is 12.1. The molecular weight excluding hydrogens is 701 g/mol. The Morgan fingerprint density at radius 1 is 0.491 bits per heavy atom. The summed E-state index contributed by atoms with van der Waals surface area (Å²) >= 11 is 0. The molecule has 0 amide bonds. The monoisotopic (exact) mass is 738 g/mol. The predicted octanol–water partition coefficient (Wildman–Crippen LogP) is 11.5. The fourth-order valence-electron chi connectivity index (χ4n) is 9.50. The topological polar surface area (TPSA) is 63.4 Å². The first-order valence-electron chi connectivity index (χ1n) is 19.8. The van der Waals surface area contributed by atoms with Crippen LogP contribution in [0.2, 0.25) is 0 Å². The predicted molar refractivity (Wildman–Crippen MR) is 230 cm³/mol. The molecule has 0 spiro atoms. The van der Waals surface area contributed by atoms with Crippen molar-refractivity contribution in [1.29, 1.82) is 0 Å². The van der Waals surface area contributed by atoms with Gasteiger partial charge in [0.1, 0.15) is 23.0 Å². The van der Waals surface area contributed by atoms with Crippen molar-refractivity contribution in [2.75, 3.05) is 0 Å². The summed E-state index contributed by atoms with van der Waals surface area (Å²) in [6.45, 7) is 0. The second-order valence-electron chi connectivity index (χ2n) is 15.3. The van der Waals surface area contributed by atoms with Gasteiger partial charge in [-0.25, -0.2) is 0 Å². The molecule has 2 aliphatic heterocycles. The molecule has 12 rings (SSSR count). The van der Waals surface area contributed by atoms with Crippen LogP contribution in [0.3, 0.4) is 0 Å². The number of fused-ring (bicyclic) bond motifs is 9. The van der Waals surface area contributed by atoms with Crippen molar-refractivity contribution in [2.24, 2.45) is 0 Å². The molecule has 1 aliphatic carbocycles. The third-order valence-electron chi connectivity index (χ3n) is 12.1. The van der Waals surface area contributed by atoms with Gasteiger partial charge in [-0.3, -0.25) is 16.0 Å². The lowest BCUT2D eigenvalue weighted by Gasteiger charge is -2.39. The minimum atomic E-state index is -0.162. The SMILES string of the molecule is C1=CC2Oc3c(-c4cccc5c4oc4cccc(C6NC(c7ccccc7)NC(c7ccccc7)N6)c45)cccc3C2C=C1n1c2ccccc2c2ccccc21. The molecule has 4 atom stereocenters. The Morgan fingerprint density at radius 2 is 1.07 bits per heavy atom. The molecule has 2 aromatic heterocycles. The number of para-hydroxylation sites is 4. The van der Waals surface area contributed by atoms with Crippen LogP contribution in [-0.2, 0) is 0 Å². The lowest BCUT2D eigenvalue weighted by atomic mass is 9.89. The third kappa shape index (κ3) is 5.15. The normalized spacial score (nSPS) is 21.5. The van der Waals surface area contributed by atoms with Crippen LogP contribution in [0, 0.1) is 0 Å². The number of rotatable bonds is 5. The Labute approximate surface area is 329 Å². The van der Waals surface area contributed by atoms with E-state index >= 15 is 0 Å². The Bertz CT molecular complexity index is 2970. The van der Waals surface area contributed by atoms with Crippen LogP contribution in [-0.4, -0.2) is 10.7 Å². The van der Waals surface area contributed by atoms with Gasteiger partial charge in [0.25, 0.3) is 0 Å². The van der Waals surface area contributed by atoms with Gasteiger partial charge in [-0.05, 0) is 53.1 Å². The van der Waals surface area contributed by atoms with Crippen LogP contribution < -0.4 is 20.7 Å². The standard InChI is InChI=1S/C51H38N4O2/c1-3-14-31(15-4-1)49-52-50(32-16-5-2-6-17-32)54-51(53-49)40-24-13-27-45-46(40)39-23-12-21-37(48(39)57-45)36-20-11-22-38-41-30-33(28-29-44(41)56-47(36)38)55-42-25-9-7-18-34(42)35-19-8-10-26-43(35)55/h1-30,41,44,49-54H. The van der Waals surface area contributed by atoms with Crippen LogP contribution in [0.5, 0.6) is 5.75 Å². The molecule has 6 heteroatoms. The van der Waals surface area contributed by atoms with E-state index in [-0.39, 0.29) is 30.5 Å². The average molecular weight is 739 g/mol. The van der Waals surface area contributed by atoms with Gasteiger partial charge in [0.05, 0.1) is 29.5 Å². The summed E-state index contributed by atoms with van der Waals surface area (Å²) in [4.78, 5) is 0. The lowest BCUT2D eigenvalue weighted by molar-refractivity contribution is 0.204. The molecule has 6 nitrogen and oxygen atoms in total. The van der Waals surface area contributed by atoms with Gasteiger partial charge < -0.3 is 13.7 Å². The first-order valence-corrected chi connectivity index (χ1v) is 19.8. The maximum absolute atomic E-state index is 6.88. The molecule has 274 valence electrons. The van der Waals surface area contributed by atoms with Crippen molar-refractivity contribution in [3.63, 3.8) is 0 Å². The highest BCUT2D eigenvalue weighted by Gasteiger charge is 2.37. The summed E-state index contributed by atoms with van der Waals surface area (Å²) in [6, 6.07) is 58.0. The van der Waals surface area contributed by atoms with Gasteiger partial charge in [-0.1, -0.05) is 146 Å².